The van der Waals surface area contributed by atoms with Crippen LogP contribution < -0.4 is 0 Å². The summed E-state index contributed by atoms with van der Waals surface area (Å²) >= 11 is 0. The Morgan fingerprint density at radius 3 is 2.08 bits per heavy atom. The van der Waals surface area contributed by atoms with Gasteiger partial charge in [-0.2, -0.15) is 0 Å². The molecule has 2 nitrogen and oxygen atoms in total. The van der Waals surface area contributed by atoms with Gasteiger partial charge in [-0.15, -0.1) is 0 Å². The van der Waals surface area contributed by atoms with Crippen molar-refractivity contribution in [3.05, 3.63) is 91.1 Å². The van der Waals surface area contributed by atoms with E-state index in [4.69, 9.17) is 0 Å². The summed E-state index contributed by atoms with van der Waals surface area (Å²) in [7, 11) is 0. The van der Waals surface area contributed by atoms with Crippen LogP contribution >= 0.6 is 0 Å². The Kier molecular flexibility index (Phi) is 2.64. The quantitative estimate of drug-likeness (QED) is 0.359. The van der Waals surface area contributed by atoms with E-state index >= 15 is 0 Å². The van der Waals surface area contributed by atoms with Crippen molar-refractivity contribution < 1.29 is 0 Å². The van der Waals surface area contributed by atoms with E-state index in [0.29, 0.717) is 0 Å². The van der Waals surface area contributed by atoms with Crippen molar-refractivity contribution >= 4 is 43.5 Å². The molecule has 26 heavy (non-hydrogen) atoms. The van der Waals surface area contributed by atoms with Crippen LogP contribution in [0.5, 0.6) is 0 Å². The molecule has 6 rings (SSSR count). The highest BCUT2D eigenvalue weighted by Gasteiger charge is 2.11. The fourth-order valence-corrected chi connectivity index (χ4v) is 4.13. The van der Waals surface area contributed by atoms with Crippen molar-refractivity contribution in [2.45, 2.75) is 0 Å². The fraction of sp³-hybridized carbons (Fsp3) is 0. The van der Waals surface area contributed by atoms with E-state index in [1.165, 1.54) is 49.2 Å². The molecule has 122 valence electrons. The van der Waals surface area contributed by atoms with Gasteiger partial charge in [0.1, 0.15) is 0 Å². The molecule has 0 saturated carbocycles. The Hall–Kier alpha value is -3.52. The molecular weight excluding hydrogens is 316 g/mol. The lowest BCUT2D eigenvalue weighted by Gasteiger charge is -2.09. The van der Waals surface area contributed by atoms with Crippen molar-refractivity contribution in [2.75, 3.05) is 0 Å². The molecule has 2 heterocycles. The molecule has 0 amide bonds. The molecule has 4 aromatic carbocycles. The molecule has 0 aliphatic carbocycles. The Morgan fingerprint density at radius 1 is 0.577 bits per heavy atom. The maximum absolute atomic E-state index is 3.30. The second-order valence-electron chi connectivity index (χ2n) is 6.82. The Labute approximate surface area is 150 Å². The van der Waals surface area contributed by atoms with Crippen LogP contribution in [0.25, 0.3) is 49.2 Å². The maximum Gasteiger partial charge on any atom is 0.0541 e. The van der Waals surface area contributed by atoms with E-state index in [1.54, 1.807) is 0 Å². The van der Waals surface area contributed by atoms with Gasteiger partial charge in [0.25, 0.3) is 0 Å². The minimum absolute atomic E-state index is 1.18. The van der Waals surface area contributed by atoms with E-state index in [-0.39, 0.29) is 0 Å². The number of H-pyrrole nitrogens is 1. The molecule has 2 heteroatoms. The summed E-state index contributed by atoms with van der Waals surface area (Å²) < 4.78 is 2.37. The zero-order valence-electron chi connectivity index (χ0n) is 14.1. The zero-order valence-corrected chi connectivity index (χ0v) is 14.1. The van der Waals surface area contributed by atoms with Gasteiger partial charge in [0.05, 0.1) is 11.0 Å². The fourth-order valence-electron chi connectivity index (χ4n) is 4.13. The van der Waals surface area contributed by atoms with Gasteiger partial charge in [-0.25, -0.2) is 0 Å². The lowest BCUT2D eigenvalue weighted by atomic mass is 10.1. The normalized spacial score (nSPS) is 11.8. The molecule has 1 N–H and O–H groups in total. The number of benzene rings is 4. The van der Waals surface area contributed by atoms with E-state index in [0.717, 1.165) is 0 Å². The maximum atomic E-state index is 3.30. The Morgan fingerprint density at radius 2 is 1.31 bits per heavy atom. The lowest BCUT2D eigenvalue weighted by Crippen LogP contribution is -1.93. The van der Waals surface area contributed by atoms with Crippen LogP contribution in [0.4, 0.5) is 0 Å². The molecule has 2 aromatic heterocycles. The molecule has 0 atom stereocenters. The average Bonchev–Trinajstić information content (AvgIpc) is 3.27. The van der Waals surface area contributed by atoms with Crippen LogP contribution in [0.3, 0.4) is 0 Å². The second-order valence-corrected chi connectivity index (χ2v) is 6.82. The number of rotatable bonds is 1. The van der Waals surface area contributed by atoms with Gasteiger partial charge in [-0.05, 0) is 58.6 Å². The van der Waals surface area contributed by atoms with Gasteiger partial charge >= 0.3 is 0 Å². The smallest absolute Gasteiger partial charge is 0.0541 e. The third-order valence-corrected chi connectivity index (χ3v) is 5.33. The van der Waals surface area contributed by atoms with Gasteiger partial charge in [0, 0.05) is 28.2 Å². The second kappa shape index (κ2) is 4.99. The van der Waals surface area contributed by atoms with E-state index in [1.807, 2.05) is 6.20 Å². The molecule has 0 spiro atoms. The monoisotopic (exact) mass is 332 g/mol. The SMILES string of the molecule is c1ccc2c(c1)c1ccccc1n2-c1ccc2cc3[nH]ccc3cc2c1. The summed E-state index contributed by atoms with van der Waals surface area (Å²) in [6, 6.07) is 30.6. The highest BCUT2D eigenvalue weighted by molar-refractivity contribution is 6.09. The molecule has 0 aliphatic heterocycles. The predicted octanol–water partition coefficient (Wildman–Crippen LogP) is 6.42. The molecule has 0 bridgehead atoms. The summed E-state index contributed by atoms with van der Waals surface area (Å²) in [6.45, 7) is 0. The predicted molar refractivity (Wildman–Crippen MR) is 110 cm³/mol. The van der Waals surface area contributed by atoms with E-state index in [9.17, 15) is 0 Å². The number of hydrogen-bond acceptors (Lipinski definition) is 0. The topological polar surface area (TPSA) is 20.7 Å². The number of fused-ring (bicyclic) bond motifs is 5. The molecule has 0 radical (unpaired) electrons. The van der Waals surface area contributed by atoms with Crippen molar-refractivity contribution in [1.82, 2.24) is 9.55 Å². The zero-order chi connectivity index (χ0) is 17.1. The molecule has 0 unspecified atom stereocenters. The highest BCUT2D eigenvalue weighted by atomic mass is 15.0. The first kappa shape index (κ1) is 13.7. The third kappa shape index (κ3) is 1.81. The number of nitrogens with one attached hydrogen (secondary N) is 1. The van der Waals surface area contributed by atoms with Gasteiger partial charge in [0.15, 0.2) is 0 Å². The Bertz CT molecular complexity index is 1380. The van der Waals surface area contributed by atoms with Crippen LogP contribution in [0.1, 0.15) is 0 Å². The number of para-hydroxylation sites is 2. The largest absolute Gasteiger partial charge is 0.361 e. The summed E-state index contributed by atoms with van der Waals surface area (Å²) in [6.07, 6.45) is 2.00. The number of aromatic amines is 1. The van der Waals surface area contributed by atoms with Crippen LogP contribution in [0, 0.1) is 0 Å². The van der Waals surface area contributed by atoms with Gasteiger partial charge in [-0.3, -0.25) is 0 Å². The summed E-state index contributed by atoms with van der Waals surface area (Å²) in [5.41, 5.74) is 4.87. The number of aromatic nitrogens is 2. The standard InChI is InChI=1S/C24H16N2/c1-3-7-23-20(5-1)21-6-2-4-8-24(21)26(23)19-10-9-16-15-22-17(11-12-25-22)13-18(16)14-19/h1-15,25H. The van der Waals surface area contributed by atoms with Crippen molar-refractivity contribution in [3.8, 4) is 5.69 Å². The number of nitrogens with zero attached hydrogens (tertiary/aromatic N) is 1. The van der Waals surface area contributed by atoms with Crippen molar-refractivity contribution in [1.29, 1.82) is 0 Å². The highest BCUT2D eigenvalue weighted by Crippen LogP contribution is 2.33. The third-order valence-electron chi connectivity index (χ3n) is 5.33. The van der Waals surface area contributed by atoms with Crippen molar-refractivity contribution in [2.24, 2.45) is 0 Å². The Balaban J connectivity index is 1.72. The van der Waals surface area contributed by atoms with Gasteiger partial charge < -0.3 is 9.55 Å². The molecule has 0 saturated heterocycles. The first-order valence-electron chi connectivity index (χ1n) is 8.88. The van der Waals surface area contributed by atoms with E-state index < -0.39 is 0 Å². The minimum atomic E-state index is 1.18. The van der Waals surface area contributed by atoms with Crippen molar-refractivity contribution in [3.63, 3.8) is 0 Å². The minimum Gasteiger partial charge on any atom is -0.361 e. The lowest BCUT2D eigenvalue weighted by molar-refractivity contribution is 1.19. The van der Waals surface area contributed by atoms with E-state index in [2.05, 4.69) is 94.5 Å². The van der Waals surface area contributed by atoms with Crippen LogP contribution in [0.2, 0.25) is 0 Å². The molecule has 0 fully saturated rings. The van der Waals surface area contributed by atoms with Crippen LogP contribution in [0.15, 0.2) is 91.1 Å². The molecular formula is C24H16N2. The average molecular weight is 332 g/mol. The van der Waals surface area contributed by atoms with Gasteiger partial charge in [-0.1, -0.05) is 42.5 Å². The number of hydrogen-bond donors (Lipinski definition) is 1. The summed E-state index contributed by atoms with van der Waals surface area (Å²) in [5, 5.41) is 6.35. The summed E-state index contributed by atoms with van der Waals surface area (Å²) in [5.74, 6) is 0. The van der Waals surface area contributed by atoms with Gasteiger partial charge in [0.2, 0.25) is 0 Å². The van der Waals surface area contributed by atoms with Crippen LogP contribution in [-0.2, 0) is 0 Å². The molecule has 6 aromatic rings. The summed E-state index contributed by atoms with van der Waals surface area (Å²) in [4.78, 5) is 3.30. The first-order valence-corrected chi connectivity index (χ1v) is 8.88. The van der Waals surface area contributed by atoms with Crippen LogP contribution in [-0.4, -0.2) is 9.55 Å². The molecule has 0 aliphatic rings. The first-order chi connectivity index (χ1) is 12.9.